The van der Waals surface area contributed by atoms with E-state index in [9.17, 15) is 10.1 Å². The van der Waals surface area contributed by atoms with Crippen LogP contribution in [-0.4, -0.2) is 17.5 Å². The van der Waals surface area contributed by atoms with E-state index >= 15 is 0 Å². The molecule has 0 spiro atoms. The van der Waals surface area contributed by atoms with E-state index in [2.05, 4.69) is 12.2 Å². The molecule has 0 heterocycles. The number of nitrogens with one attached hydrogen (secondary N) is 1. The first-order chi connectivity index (χ1) is 8.60. The lowest BCUT2D eigenvalue weighted by atomic mass is 10.1. The zero-order valence-electron chi connectivity index (χ0n) is 11.0. The number of anilines is 1. The highest BCUT2D eigenvalue weighted by Crippen LogP contribution is 2.25. The first kappa shape index (κ1) is 14.4. The summed E-state index contributed by atoms with van der Waals surface area (Å²) < 4.78 is 0. The van der Waals surface area contributed by atoms with Crippen LogP contribution in [0.5, 0.6) is 0 Å². The molecule has 18 heavy (non-hydrogen) atoms. The largest absolute Gasteiger partial charge is 0.381 e. The fraction of sp³-hybridized carbons (Fsp3) is 0.538. The Labute approximate surface area is 108 Å². The van der Waals surface area contributed by atoms with Gasteiger partial charge in [-0.15, -0.1) is 0 Å². The summed E-state index contributed by atoms with van der Waals surface area (Å²) in [6, 6.07) is 5.24. The molecule has 1 unspecified atom stereocenters. The van der Waals surface area contributed by atoms with Crippen molar-refractivity contribution in [1.82, 2.24) is 0 Å². The van der Waals surface area contributed by atoms with Crippen LogP contribution in [0.3, 0.4) is 0 Å². The van der Waals surface area contributed by atoms with E-state index in [4.69, 9.17) is 5.73 Å². The van der Waals surface area contributed by atoms with Crippen LogP contribution in [0.25, 0.3) is 0 Å². The highest BCUT2D eigenvalue weighted by atomic mass is 16.6. The predicted octanol–water partition coefficient (Wildman–Crippen LogP) is 2.83. The topological polar surface area (TPSA) is 81.2 Å². The van der Waals surface area contributed by atoms with E-state index in [0.717, 1.165) is 24.9 Å². The van der Waals surface area contributed by atoms with E-state index in [1.807, 2.05) is 6.07 Å². The second kappa shape index (κ2) is 6.96. The van der Waals surface area contributed by atoms with Gasteiger partial charge < -0.3 is 11.1 Å². The van der Waals surface area contributed by atoms with Gasteiger partial charge in [0, 0.05) is 29.9 Å². The van der Waals surface area contributed by atoms with Crippen LogP contribution in [0, 0.1) is 17.0 Å². The van der Waals surface area contributed by atoms with E-state index in [-0.39, 0.29) is 16.7 Å². The standard InChI is InChI=1S/C13H21N3O2/c1-3-4-6-11(9-14)15-12-7-5-8-13(10(12)2)16(17)18/h5,7-8,11,15H,3-4,6,9,14H2,1-2H3. The van der Waals surface area contributed by atoms with Crippen LogP contribution < -0.4 is 11.1 Å². The maximum atomic E-state index is 10.9. The van der Waals surface area contributed by atoms with Crippen molar-refractivity contribution < 1.29 is 4.92 Å². The number of nitro benzene ring substituents is 1. The number of benzene rings is 1. The highest BCUT2D eigenvalue weighted by Gasteiger charge is 2.15. The number of hydrogen-bond donors (Lipinski definition) is 2. The first-order valence-corrected chi connectivity index (χ1v) is 6.30. The minimum Gasteiger partial charge on any atom is -0.381 e. The molecule has 5 nitrogen and oxygen atoms in total. The van der Waals surface area contributed by atoms with Crippen LogP contribution >= 0.6 is 0 Å². The molecule has 0 radical (unpaired) electrons. The maximum Gasteiger partial charge on any atom is 0.274 e. The Balaban J connectivity index is 2.83. The molecule has 5 heteroatoms. The summed E-state index contributed by atoms with van der Waals surface area (Å²) in [7, 11) is 0. The SMILES string of the molecule is CCCCC(CN)Nc1cccc([N+](=O)[O-])c1C. The van der Waals surface area contributed by atoms with Crippen molar-refractivity contribution in [2.45, 2.75) is 39.2 Å². The summed E-state index contributed by atoms with van der Waals surface area (Å²) in [6.07, 6.45) is 3.20. The number of nitro groups is 1. The molecule has 0 saturated heterocycles. The minimum absolute atomic E-state index is 0.145. The average molecular weight is 251 g/mol. The molecule has 1 aromatic rings. The van der Waals surface area contributed by atoms with Crippen LogP contribution in [0.4, 0.5) is 11.4 Å². The third-order valence-electron chi connectivity index (χ3n) is 3.05. The Morgan fingerprint density at radius 2 is 2.22 bits per heavy atom. The summed E-state index contributed by atoms with van der Waals surface area (Å²) >= 11 is 0. The predicted molar refractivity (Wildman–Crippen MR) is 73.8 cm³/mol. The third-order valence-corrected chi connectivity index (χ3v) is 3.05. The molecular formula is C13H21N3O2. The van der Waals surface area contributed by atoms with E-state index in [0.29, 0.717) is 12.1 Å². The quantitative estimate of drug-likeness (QED) is 0.576. The molecule has 3 N–H and O–H groups in total. The van der Waals surface area contributed by atoms with Gasteiger partial charge in [-0.3, -0.25) is 10.1 Å². The van der Waals surface area contributed by atoms with Crippen LogP contribution in [0.2, 0.25) is 0 Å². The minimum atomic E-state index is -0.357. The first-order valence-electron chi connectivity index (χ1n) is 6.30. The van der Waals surface area contributed by atoms with Gasteiger partial charge in [0.1, 0.15) is 0 Å². The van der Waals surface area contributed by atoms with Gasteiger partial charge in [0.05, 0.1) is 4.92 Å². The lowest BCUT2D eigenvalue weighted by Crippen LogP contribution is -2.29. The number of nitrogens with zero attached hydrogens (tertiary/aromatic N) is 1. The van der Waals surface area contributed by atoms with Crippen LogP contribution in [-0.2, 0) is 0 Å². The van der Waals surface area contributed by atoms with E-state index < -0.39 is 0 Å². The van der Waals surface area contributed by atoms with Crippen LogP contribution in [0.15, 0.2) is 18.2 Å². The maximum absolute atomic E-state index is 10.9. The molecule has 0 amide bonds. The number of rotatable bonds is 7. The van der Waals surface area contributed by atoms with Gasteiger partial charge in [0.25, 0.3) is 5.69 Å². The molecular weight excluding hydrogens is 230 g/mol. The number of unbranched alkanes of at least 4 members (excludes halogenated alkanes) is 1. The fourth-order valence-electron chi connectivity index (χ4n) is 1.90. The molecule has 1 atom stereocenters. The summed E-state index contributed by atoms with van der Waals surface area (Å²) in [6.45, 7) is 4.42. The van der Waals surface area contributed by atoms with Gasteiger partial charge in [0.2, 0.25) is 0 Å². The third kappa shape index (κ3) is 3.70. The Hall–Kier alpha value is -1.62. The van der Waals surface area contributed by atoms with Crippen molar-refractivity contribution >= 4 is 11.4 Å². The van der Waals surface area contributed by atoms with Gasteiger partial charge in [-0.2, -0.15) is 0 Å². The monoisotopic (exact) mass is 251 g/mol. The fourth-order valence-corrected chi connectivity index (χ4v) is 1.90. The smallest absolute Gasteiger partial charge is 0.274 e. The molecule has 1 aromatic carbocycles. The van der Waals surface area contributed by atoms with Crippen molar-refractivity contribution in [2.75, 3.05) is 11.9 Å². The van der Waals surface area contributed by atoms with Gasteiger partial charge in [-0.25, -0.2) is 0 Å². The average Bonchev–Trinajstić information content (AvgIpc) is 2.36. The van der Waals surface area contributed by atoms with Gasteiger partial charge in [-0.1, -0.05) is 25.8 Å². The van der Waals surface area contributed by atoms with Crippen molar-refractivity contribution in [3.8, 4) is 0 Å². The molecule has 0 aliphatic rings. The second-order valence-electron chi connectivity index (χ2n) is 4.43. The van der Waals surface area contributed by atoms with Gasteiger partial charge in [-0.05, 0) is 19.4 Å². The van der Waals surface area contributed by atoms with Crippen molar-refractivity contribution in [1.29, 1.82) is 0 Å². The zero-order chi connectivity index (χ0) is 13.5. The lowest BCUT2D eigenvalue weighted by molar-refractivity contribution is -0.385. The van der Waals surface area contributed by atoms with Gasteiger partial charge >= 0.3 is 0 Å². The van der Waals surface area contributed by atoms with E-state index in [1.54, 1.807) is 13.0 Å². The Morgan fingerprint density at radius 1 is 1.50 bits per heavy atom. The summed E-state index contributed by atoms with van der Waals surface area (Å²) in [5.74, 6) is 0. The number of nitrogens with two attached hydrogens (primary N) is 1. The Morgan fingerprint density at radius 3 is 2.78 bits per heavy atom. The highest BCUT2D eigenvalue weighted by molar-refractivity contribution is 5.60. The molecule has 100 valence electrons. The second-order valence-corrected chi connectivity index (χ2v) is 4.43. The number of hydrogen-bond acceptors (Lipinski definition) is 4. The summed E-state index contributed by atoms with van der Waals surface area (Å²) in [5.41, 5.74) is 7.32. The Bertz CT molecular complexity index is 407. The molecule has 0 bridgehead atoms. The molecule has 0 aliphatic carbocycles. The summed E-state index contributed by atoms with van der Waals surface area (Å²) in [4.78, 5) is 10.5. The van der Waals surface area contributed by atoms with Crippen molar-refractivity contribution in [2.24, 2.45) is 5.73 Å². The Kier molecular flexibility index (Phi) is 5.58. The molecule has 0 saturated carbocycles. The van der Waals surface area contributed by atoms with E-state index in [1.165, 1.54) is 6.07 Å². The van der Waals surface area contributed by atoms with Gasteiger partial charge in [0.15, 0.2) is 0 Å². The lowest BCUT2D eigenvalue weighted by Gasteiger charge is -2.19. The zero-order valence-corrected chi connectivity index (χ0v) is 11.0. The molecule has 0 aromatic heterocycles. The normalized spacial score (nSPS) is 12.2. The van der Waals surface area contributed by atoms with Crippen molar-refractivity contribution in [3.63, 3.8) is 0 Å². The molecule has 1 rings (SSSR count). The molecule has 0 fully saturated rings. The molecule has 0 aliphatic heterocycles. The van der Waals surface area contributed by atoms with Crippen LogP contribution in [0.1, 0.15) is 31.7 Å². The van der Waals surface area contributed by atoms with Crippen molar-refractivity contribution in [3.05, 3.63) is 33.9 Å². The summed E-state index contributed by atoms with van der Waals surface area (Å²) in [5, 5.41) is 14.2.